The van der Waals surface area contributed by atoms with E-state index in [1.165, 1.54) is 45.1 Å². The fourth-order valence-corrected chi connectivity index (χ4v) is 3.63. The van der Waals surface area contributed by atoms with Gasteiger partial charge in [-0.25, -0.2) is 0 Å². The number of rotatable bonds is 4. The van der Waals surface area contributed by atoms with Gasteiger partial charge in [0.1, 0.15) is 0 Å². The van der Waals surface area contributed by atoms with Gasteiger partial charge in [-0.2, -0.15) is 0 Å². The maximum absolute atomic E-state index is 3.88. The van der Waals surface area contributed by atoms with Crippen molar-refractivity contribution in [3.8, 4) is 0 Å². The number of nitrogens with one attached hydrogen (secondary N) is 1. The van der Waals surface area contributed by atoms with Crippen molar-refractivity contribution < 1.29 is 0 Å². The maximum atomic E-state index is 3.88. The van der Waals surface area contributed by atoms with Crippen molar-refractivity contribution in [2.75, 3.05) is 6.54 Å². The van der Waals surface area contributed by atoms with Crippen LogP contribution in [-0.2, 0) is 0 Å². The second-order valence-corrected chi connectivity index (χ2v) is 8.31. The molecule has 0 atom stereocenters. The molecule has 0 heterocycles. The van der Waals surface area contributed by atoms with Crippen LogP contribution in [0.3, 0.4) is 0 Å². The first kappa shape index (κ1) is 14.4. The van der Waals surface area contributed by atoms with Gasteiger partial charge in [0.05, 0.1) is 0 Å². The van der Waals surface area contributed by atoms with Gasteiger partial charge < -0.3 is 5.32 Å². The van der Waals surface area contributed by atoms with Gasteiger partial charge in [0, 0.05) is 12.6 Å². The lowest BCUT2D eigenvalue weighted by atomic mass is 9.71. The van der Waals surface area contributed by atoms with Gasteiger partial charge in [-0.3, -0.25) is 0 Å². The van der Waals surface area contributed by atoms with Crippen LogP contribution in [-0.4, -0.2) is 12.6 Å². The SMILES string of the molecule is CC(C)C1(CNC2CCC(C(C)(C)C)CC2)CC1. The van der Waals surface area contributed by atoms with Crippen LogP contribution >= 0.6 is 0 Å². The van der Waals surface area contributed by atoms with Gasteiger partial charge in [-0.05, 0) is 61.2 Å². The zero-order valence-corrected chi connectivity index (χ0v) is 13.2. The van der Waals surface area contributed by atoms with E-state index in [4.69, 9.17) is 0 Å². The molecule has 0 aromatic heterocycles. The van der Waals surface area contributed by atoms with Gasteiger partial charge in [0.2, 0.25) is 0 Å². The van der Waals surface area contributed by atoms with Crippen molar-refractivity contribution in [2.24, 2.45) is 22.7 Å². The Kier molecular flexibility index (Phi) is 4.11. The van der Waals surface area contributed by atoms with Gasteiger partial charge >= 0.3 is 0 Å². The smallest absolute Gasteiger partial charge is 0.00675 e. The minimum atomic E-state index is 0.515. The summed E-state index contributed by atoms with van der Waals surface area (Å²) in [5, 5.41) is 3.88. The molecule has 2 aliphatic carbocycles. The molecule has 0 bridgehead atoms. The largest absolute Gasteiger partial charge is 0.313 e. The lowest BCUT2D eigenvalue weighted by Crippen LogP contribution is -2.39. The molecule has 2 aliphatic rings. The Morgan fingerprint density at radius 1 is 1.06 bits per heavy atom. The topological polar surface area (TPSA) is 12.0 Å². The van der Waals surface area contributed by atoms with Crippen LogP contribution in [0.1, 0.15) is 73.1 Å². The Morgan fingerprint density at radius 3 is 2.00 bits per heavy atom. The standard InChI is InChI=1S/C17H33N/c1-13(2)17(10-11-17)12-18-15-8-6-14(7-9-15)16(3,4)5/h13-15,18H,6-12H2,1-5H3. The van der Waals surface area contributed by atoms with Crippen LogP contribution in [0.2, 0.25) is 0 Å². The Bertz CT molecular complexity index is 262. The summed E-state index contributed by atoms with van der Waals surface area (Å²) in [4.78, 5) is 0. The van der Waals surface area contributed by atoms with Crippen molar-refractivity contribution in [1.29, 1.82) is 0 Å². The first-order valence-electron chi connectivity index (χ1n) is 8.07. The predicted molar refractivity (Wildman–Crippen MR) is 79.7 cm³/mol. The highest BCUT2D eigenvalue weighted by Gasteiger charge is 2.45. The Balaban J connectivity index is 1.71. The average molecular weight is 251 g/mol. The zero-order chi connectivity index (χ0) is 13.4. The first-order valence-corrected chi connectivity index (χ1v) is 8.07. The van der Waals surface area contributed by atoms with E-state index >= 15 is 0 Å². The third-order valence-corrected chi connectivity index (χ3v) is 5.81. The highest BCUT2D eigenvalue weighted by Crippen LogP contribution is 2.51. The van der Waals surface area contributed by atoms with Gasteiger partial charge in [0.25, 0.3) is 0 Å². The Morgan fingerprint density at radius 2 is 1.61 bits per heavy atom. The van der Waals surface area contributed by atoms with Gasteiger partial charge in [0.15, 0.2) is 0 Å². The van der Waals surface area contributed by atoms with E-state index in [0.717, 1.165) is 17.9 Å². The molecule has 0 saturated heterocycles. The minimum absolute atomic E-state index is 0.515. The summed E-state index contributed by atoms with van der Waals surface area (Å²) < 4.78 is 0. The molecule has 1 nitrogen and oxygen atoms in total. The summed E-state index contributed by atoms with van der Waals surface area (Å²) in [6, 6.07) is 0.805. The number of hydrogen-bond donors (Lipinski definition) is 1. The molecule has 2 rings (SSSR count). The van der Waals surface area contributed by atoms with E-state index < -0.39 is 0 Å². The molecule has 2 saturated carbocycles. The lowest BCUT2D eigenvalue weighted by molar-refractivity contribution is 0.156. The third kappa shape index (κ3) is 3.29. The van der Waals surface area contributed by atoms with Crippen LogP contribution < -0.4 is 5.32 Å². The maximum Gasteiger partial charge on any atom is 0.00675 e. The predicted octanol–water partition coefficient (Wildman–Crippen LogP) is 4.62. The van der Waals surface area contributed by atoms with Crippen molar-refractivity contribution in [3.63, 3.8) is 0 Å². The first-order chi connectivity index (χ1) is 8.33. The van der Waals surface area contributed by atoms with Crippen LogP contribution in [0.4, 0.5) is 0 Å². The fraction of sp³-hybridized carbons (Fsp3) is 1.00. The molecule has 0 aliphatic heterocycles. The molecule has 1 heteroatoms. The highest BCUT2D eigenvalue weighted by atomic mass is 14.9. The molecule has 0 aromatic carbocycles. The van der Waals surface area contributed by atoms with E-state index in [0.29, 0.717) is 10.8 Å². The second kappa shape index (κ2) is 5.15. The summed E-state index contributed by atoms with van der Waals surface area (Å²) in [6.45, 7) is 13.3. The molecule has 0 spiro atoms. The van der Waals surface area contributed by atoms with Crippen LogP contribution in [0.15, 0.2) is 0 Å². The van der Waals surface area contributed by atoms with Crippen molar-refractivity contribution in [3.05, 3.63) is 0 Å². The summed E-state index contributed by atoms with van der Waals surface area (Å²) in [5.74, 6) is 1.80. The Labute approximate surface area is 114 Å². The van der Waals surface area contributed by atoms with E-state index in [1.807, 2.05) is 0 Å². The monoisotopic (exact) mass is 251 g/mol. The quantitative estimate of drug-likeness (QED) is 0.769. The lowest BCUT2D eigenvalue weighted by Gasteiger charge is -2.38. The average Bonchev–Trinajstić information content (AvgIpc) is 3.07. The van der Waals surface area contributed by atoms with Gasteiger partial charge in [-0.1, -0.05) is 34.6 Å². The summed E-state index contributed by atoms with van der Waals surface area (Å²) >= 11 is 0. The molecular weight excluding hydrogens is 218 g/mol. The van der Waals surface area contributed by atoms with E-state index in [2.05, 4.69) is 39.9 Å². The number of hydrogen-bond acceptors (Lipinski definition) is 1. The molecule has 0 radical (unpaired) electrons. The molecule has 0 aromatic rings. The van der Waals surface area contributed by atoms with Gasteiger partial charge in [-0.15, -0.1) is 0 Å². The summed E-state index contributed by atoms with van der Waals surface area (Å²) in [7, 11) is 0. The molecular formula is C17H33N. The summed E-state index contributed by atoms with van der Waals surface area (Å²) in [6.07, 6.45) is 8.56. The van der Waals surface area contributed by atoms with Crippen molar-refractivity contribution in [1.82, 2.24) is 5.32 Å². The third-order valence-electron chi connectivity index (χ3n) is 5.81. The second-order valence-electron chi connectivity index (χ2n) is 8.31. The van der Waals surface area contributed by atoms with Crippen LogP contribution in [0.25, 0.3) is 0 Å². The summed E-state index contributed by atoms with van der Waals surface area (Å²) in [5.41, 5.74) is 1.18. The fourth-order valence-electron chi connectivity index (χ4n) is 3.63. The minimum Gasteiger partial charge on any atom is -0.313 e. The van der Waals surface area contributed by atoms with Crippen molar-refractivity contribution in [2.45, 2.75) is 79.2 Å². The molecule has 0 unspecified atom stereocenters. The molecule has 0 amide bonds. The molecule has 1 N–H and O–H groups in total. The molecule has 18 heavy (non-hydrogen) atoms. The zero-order valence-electron chi connectivity index (χ0n) is 13.2. The molecule has 106 valence electrons. The van der Waals surface area contributed by atoms with E-state index in [-0.39, 0.29) is 0 Å². The normalized spacial score (nSPS) is 31.7. The highest BCUT2D eigenvalue weighted by molar-refractivity contribution is 4.98. The molecule has 2 fully saturated rings. The van der Waals surface area contributed by atoms with Crippen LogP contribution in [0, 0.1) is 22.7 Å². The van der Waals surface area contributed by atoms with E-state index in [9.17, 15) is 0 Å². The van der Waals surface area contributed by atoms with Crippen LogP contribution in [0.5, 0.6) is 0 Å². The van der Waals surface area contributed by atoms with Crippen molar-refractivity contribution >= 4 is 0 Å². The van der Waals surface area contributed by atoms with E-state index in [1.54, 1.807) is 0 Å². The Hall–Kier alpha value is -0.0400.